The third-order valence-electron chi connectivity index (χ3n) is 3.83. The van der Waals surface area contributed by atoms with Gasteiger partial charge in [0.15, 0.2) is 0 Å². The molecule has 0 spiro atoms. The van der Waals surface area contributed by atoms with Gasteiger partial charge in [0.2, 0.25) is 0 Å². The van der Waals surface area contributed by atoms with E-state index in [2.05, 4.69) is 44.3 Å². The van der Waals surface area contributed by atoms with Gasteiger partial charge in [0, 0.05) is 12.6 Å². The van der Waals surface area contributed by atoms with Crippen molar-refractivity contribution in [3.05, 3.63) is 29.3 Å². The first kappa shape index (κ1) is 16.3. The fourth-order valence-corrected chi connectivity index (χ4v) is 2.86. The zero-order chi connectivity index (χ0) is 15.1. The van der Waals surface area contributed by atoms with E-state index in [1.165, 1.54) is 30.4 Å². The topological polar surface area (TPSA) is 30.5 Å². The summed E-state index contributed by atoms with van der Waals surface area (Å²) in [6.45, 7) is 9.58. The van der Waals surface area contributed by atoms with Crippen molar-refractivity contribution in [1.29, 1.82) is 0 Å². The molecule has 0 aliphatic heterocycles. The van der Waals surface area contributed by atoms with Crippen LogP contribution in [0, 0.1) is 5.92 Å². The average molecular weight is 291 g/mol. The standard InChI is InChI=1S/C18H29NO2/c1-4-19-18-7-5-6-15-8-9-16(12-17(15)18)21-11-10-20-13-14(2)3/h8-9,12,14,18-19H,4-7,10-11,13H2,1-3H3. The predicted octanol–water partition coefficient (Wildman–Crippen LogP) is 3.72. The number of nitrogens with one attached hydrogen (secondary N) is 1. The van der Waals surface area contributed by atoms with Crippen molar-refractivity contribution >= 4 is 0 Å². The third-order valence-corrected chi connectivity index (χ3v) is 3.83. The molecule has 0 saturated heterocycles. The minimum atomic E-state index is 0.486. The molecule has 3 nitrogen and oxygen atoms in total. The van der Waals surface area contributed by atoms with E-state index in [9.17, 15) is 0 Å². The SMILES string of the molecule is CCNC1CCCc2ccc(OCCOCC(C)C)cc21. The Morgan fingerprint density at radius 2 is 2.14 bits per heavy atom. The normalized spacial score (nSPS) is 17.8. The summed E-state index contributed by atoms with van der Waals surface area (Å²) >= 11 is 0. The number of hydrogen-bond donors (Lipinski definition) is 1. The lowest BCUT2D eigenvalue weighted by atomic mass is 9.87. The summed E-state index contributed by atoms with van der Waals surface area (Å²) in [5.41, 5.74) is 2.89. The van der Waals surface area contributed by atoms with E-state index in [0.29, 0.717) is 25.2 Å². The molecular weight excluding hydrogens is 262 g/mol. The molecular formula is C18H29NO2. The Morgan fingerprint density at radius 3 is 2.90 bits per heavy atom. The minimum absolute atomic E-state index is 0.486. The molecule has 1 N–H and O–H groups in total. The molecule has 1 aliphatic rings. The highest BCUT2D eigenvalue weighted by molar-refractivity contribution is 5.39. The van der Waals surface area contributed by atoms with E-state index in [4.69, 9.17) is 9.47 Å². The molecule has 0 aromatic heterocycles. The first-order chi connectivity index (χ1) is 10.2. The molecule has 0 heterocycles. The monoisotopic (exact) mass is 291 g/mol. The van der Waals surface area contributed by atoms with E-state index in [1.54, 1.807) is 0 Å². The molecule has 3 heteroatoms. The van der Waals surface area contributed by atoms with Crippen molar-refractivity contribution in [2.24, 2.45) is 5.92 Å². The van der Waals surface area contributed by atoms with Gasteiger partial charge in [-0.15, -0.1) is 0 Å². The summed E-state index contributed by atoms with van der Waals surface area (Å²) in [7, 11) is 0. The van der Waals surface area contributed by atoms with Gasteiger partial charge in [0.05, 0.1) is 6.61 Å². The maximum absolute atomic E-state index is 5.83. The predicted molar refractivity (Wildman–Crippen MR) is 86.9 cm³/mol. The summed E-state index contributed by atoms with van der Waals surface area (Å²) in [5, 5.41) is 3.58. The van der Waals surface area contributed by atoms with E-state index < -0.39 is 0 Å². The van der Waals surface area contributed by atoms with Gasteiger partial charge in [-0.05, 0) is 55.0 Å². The summed E-state index contributed by atoms with van der Waals surface area (Å²) in [4.78, 5) is 0. The molecule has 0 saturated carbocycles. The van der Waals surface area contributed by atoms with Gasteiger partial charge >= 0.3 is 0 Å². The molecule has 1 aromatic rings. The van der Waals surface area contributed by atoms with Crippen LogP contribution in [0.5, 0.6) is 5.75 Å². The Kier molecular flexibility index (Phi) is 6.52. The number of rotatable bonds is 8. The number of hydrogen-bond acceptors (Lipinski definition) is 3. The lowest BCUT2D eigenvalue weighted by Crippen LogP contribution is -2.25. The van der Waals surface area contributed by atoms with Crippen LogP contribution in [-0.4, -0.2) is 26.4 Å². The van der Waals surface area contributed by atoms with Crippen molar-refractivity contribution in [3.63, 3.8) is 0 Å². The molecule has 0 amide bonds. The van der Waals surface area contributed by atoms with Crippen molar-refractivity contribution in [2.75, 3.05) is 26.4 Å². The molecule has 0 fully saturated rings. The Hall–Kier alpha value is -1.06. The Labute approximate surface area is 129 Å². The first-order valence-corrected chi connectivity index (χ1v) is 8.27. The molecule has 118 valence electrons. The molecule has 1 aliphatic carbocycles. The van der Waals surface area contributed by atoms with E-state index >= 15 is 0 Å². The summed E-state index contributed by atoms with van der Waals surface area (Å²) in [6.07, 6.45) is 3.69. The number of fused-ring (bicyclic) bond motifs is 1. The molecule has 1 atom stereocenters. The van der Waals surface area contributed by atoms with Crippen LogP contribution in [0.25, 0.3) is 0 Å². The summed E-state index contributed by atoms with van der Waals surface area (Å²) < 4.78 is 11.4. The van der Waals surface area contributed by atoms with Crippen LogP contribution < -0.4 is 10.1 Å². The van der Waals surface area contributed by atoms with Crippen molar-refractivity contribution in [1.82, 2.24) is 5.32 Å². The van der Waals surface area contributed by atoms with Gasteiger partial charge in [0.25, 0.3) is 0 Å². The zero-order valence-electron chi connectivity index (χ0n) is 13.7. The smallest absolute Gasteiger partial charge is 0.119 e. The van der Waals surface area contributed by atoms with Gasteiger partial charge < -0.3 is 14.8 Å². The molecule has 1 unspecified atom stereocenters. The van der Waals surface area contributed by atoms with Crippen molar-refractivity contribution in [3.8, 4) is 5.75 Å². The summed E-state index contributed by atoms with van der Waals surface area (Å²) in [5.74, 6) is 1.54. The lowest BCUT2D eigenvalue weighted by molar-refractivity contribution is 0.0818. The van der Waals surface area contributed by atoms with Crippen LogP contribution in [0.4, 0.5) is 0 Å². The Morgan fingerprint density at radius 1 is 1.29 bits per heavy atom. The van der Waals surface area contributed by atoms with E-state index in [1.807, 2.05) is 0 Å². The van der Waals surface area contributed by atoms with Gasteiger partial charge in [-0.2, -0.15) is 0 Å². The van der Waals surface area contributed by atoms with E-state index in [-0.39, 0.29) is 0 Å². The molecule has 0 bridgehead atoms. The Balaban J connectivity index is 1.88. The summed E-state index contributed by atoms with van der Waals surface area (Å²) in [6, 6.07) is 7.02. The second-order valence-corrected chi connectivity index (χ2v) is 6.18. The fourth-order valence-electron chi connectivity index (χ4n) is 2.86. The number of aryl methyl sites for hydroxylation is 1. The van der Waals surface area contributed by atoms with Gasteiger partial charge in [-0.1, -0.05) is 26.8 Å². The third kappa shape index (κ3) is 5.01. The maximum Gasteiger partial charge on any atom is 0.119 e. The highest BCUT2D eigenvalue weighted by atomic mass is 16.5. The van der Waals surface area contributed by atoms with Gasteiger partial charge in [-0.3, -0.25) is 0 Å². The van der Waals surface area contributed by atoms with Gasteiger partial charge in [0.1, 0.15) is 12.4 Å². The Bertz CT molecular complexity index is 431. The second-order valence-electron chi connectivity index (χ2n) is 6.18. The molecule has 2 rings (SSSR count). The van der Waals surface area contributed by atoms with Crippen LogP contribution in [0.3, 0.4) is 0 Å². The number of ether oxygens (including phenoxy) is 2. The highest BCUT2D eigenvalue weighted by Crippen LogP contribution is 2.32. The molecule has 21 heavy (non-hydrogen) atoms. The quantitative estimate of drug-likeness (QED) is 0.740. The molecule has 1 aromatic carbocycles. The minimum Gasteiger partial charge on any atom is -0.491 e. The van der Waals surface area contributed by atoms with Crippen molar-refractivity contribution < 1.29 is 9.47 Å². The van der Waals surface area contributed by atoms with Crippen LogP contribution >= 0.6 is 0 Å². The highest BCUT2D eigenvalue weighted by Gasteiger charge is 2.19. The lowest BCUT2D eigenvalue weighted by Gasteiger charge is -2.26. The molecule has 0 radical (unpaired) electrons. The van der Waals surface area contributed by atoms with Crippen LogP contribution in [0.1, 0.15) is 50.8 Å². The number of benzene rings is 1. The van der Waals surface area contributed by atoms with Crippen LogP contribution in [0.2, 0.25) is 0 Å². The largest absolute Gasteiger partial charge is 0.491 e. The van der Waals surface area contributed by atoms with Crippen LogP contribution in [-0.2, 0) is 11.2 Å². The van der Waals surface area contributed by atoms with Crippen molar-refractivity contribution in [2.45, 2.75) is 46.1 Å². The average Bonchev–Trinajstić information content (AvgIpc) is 2.47. The zero-order valence-corrected chi connectivity index (χ0v) is 13.7. The maximum atomic E-state index is 5.83. The van der Waals surface area contributed by atoms with Crippen LogP contribution in [0.15, 0.2) is 18.2 Å². The first-order valence-electron chi connectivity index (χ1n) is 8.27. The van der Waals surface area contributed by atoms with Gasteiger partial charge in [-0.25, -0.2) is 0 Å². The second kappa shape index (κ2) is 8.40. The fraction of sp³-hybridized carbons (Fsp3) is 0.667. The van der Waals surface area contributed by atoms with E-state index in [0.717, 1.165) is 18.9 Å².